The first-order chi connectivity index (χ1) is 8.70. The number of phenols is 1. The molecular formula is C13H12N2O3. The summed E-state index contributed by atoms with van der Waals surface area (Å²) in [6, 6.07) is 7.89. The molecule has 0 aliphatic rings. The molecule has 1 aromatic heterocycles. The summed E-state index contributed by atoms with van der Waals surface area (Å²) < 4.78 is 5.06. The van der Waals surface area contributed by atoms with E-state index >= 15 is 0 Å². The Morgan fingerprint density at radius 3 is 2.94 bits per heavy atom. The lowest BCUT2D eigenvalue weighted by Gasteiger charge is -2.08. The van der Waals surface area contributed by atoms with Crippen LogP contribution in [0.4, 0.5) is 5.69 Å². The van der Waals surface area contributed by atoms with Gasteiger partial charge in [0.15, 0.2) is 0 Å². The summed E-state index contributed by atoms with van der Waals surface area (Å²) in [6.45, 7) is 0. The fraction of sp³-hybridized carbons (Fsp3) is 0.0769. The Hall–Kier alpha value is -2.56. The molecule has 1 aromatic carbocycles. The zero-order valence-corrected chi connectivity index (χ0v) is 9.75. The van der Waals surface area contributed by atoms with Gasteiger partial charge in [-0.3, -0.25) is 9.78 Å². The molecule has 0 aliphatic carbocycles. The van der Waals surface area contributed by atoms with Gasteiger partial charge in [-0.15, -0.1) is 0 Å². The second-order valence-electron chi connectivity index (χ2n) is 3.58. The molecule has 0 atom stereocenters. The van der Waals surface area contributed by atoms with Crippen molar-refractivity contribution in [2.24, 2.45) is 0 Å². The molecular weight excluding hydrogens is 232 g/mol. The summed E-state index contributed by atoms with van der Waals surface area (Å²) in [6.07, 6.45) is 2.98. The summed E-state index contributed by atoms with van der Waals surface area (Å²) in [5.74, 6) is 0.171. The van der Waals surface area contributed by atoms with E-state index in [4.69, 9.17) is 4.74 Å². The molecule has 2 N–H and O–H groups in total. The van der Waals surface area contributed by atoms with Gasteiger partial charge in [0, 0.05) is 18.0 Å². The van der Waals surface area contributed by atoms with E-state index in [-0.39, 0.29) is 11.7 Å². The lowest BCUT2D eigenvalue weighted by molar-refractivity contribution is 0.102. The van der Waals surface area contributed by atoms with E-state index < -0.39 is 0 Å². The second-order valence-corrected chi connectivity index (χ2v) is 3.58. The van der Waals surface area contributed by atoms with E-state index in [0.29, 0.717) is 17.0 Å². The van der Waals surface area contributed by atoms with Gasteiger partial charge in [0.1, 0.15) is 11.5 Å². The largest absolute Gasteiger partial charge is 0.508 e. The Morgan fingerprint density at radius 1 is 1.39 bits per heavy atom. The van der Waals surface area contributed by atoms with Gasteiger partial charge in [-0.25, -0.2) is 0 Å². The van der Waals surface area contributed by atoms with Crippen LogP contribution in [-0.4, -0.2) is 23.1 Å². The van der Waals surface area contributed by atoms with Crippen LogP contribution in [0.3, 0.4) is 0 Å². The Morgan fingerprint density at radius 2 is 2.22 bits per heavy atom. The Kier molecular flexibility index (Phi) is 3.43. The first kappa shape index (κ1) is 11.9. The van der Waals surface area contributed by atoms with Crippen molar-refractivity contribution >= 4 is 11.6 Å². The zero-order chi connectivity index (χ0) is 13.0. The SMILES string of the molecule is COc1cnccc1C(=O)Nc1cccc(O)c1. The molecule has 0 bridgehead atoms. The van der Waals surface area contributed by atoms with Gasteiger partial charge in [0.05, 0.1) is 18.9 Å². The maximum Gasteiger partial charge on any atom is 0.259 e. The van der Waals surface area contributed by atoms with Gasteiger partial charge in [0.2, 0.25) is 0 Å². The number of phenolic OH excluding ortho intramolecular Hbond substituents is 1. The second kappa shape index (κ2) is 5.18. The van der Waals surface area contributed by atoms with Crippen molar-refractivity contribution in [2.45, 2.75) is 0 Å². The zero-order valence-electron chi connectivity index (χ0n) is 9.75. The van der Waals surface area contributed by atoms with Crippen LogP contribution in [0.5, 0.6) is 11.5 Å². The normalized spacial score (nSPS) is 9.83. The molecule has 0 aliphatic heterocycles. The summed E-state index contributed by atoms with van der Waals surface area (Å²) in [7, 11) is 1.47. The number of nitrogens with one attached hydrogen (secondary N) is 1. The van der Waals surface area contributed by atoms with Gasteiger partial charge in [-0.1, -0.05) is 6.07 Å². The highest BCUT2D eigenvalue weighted by Gasteiger charge is 2.12. The number of aromatic nitrogens is 1. The quantitative estimate of drug-likeness (QED) is 0.866. The maximum atomic E-state index is 12.0. The lowest BCUT2D eigenvalue weighted by atomic mass is 10.2. The first-order valence-electron chi connectivity index (χ1n) is 5.29. The number of anilines is 1. The third kappa shape index (κ3) is 2.57. The molecule has 2 aromatic rings. The van der Waals surface area contributed by atoms with E-state index in [1.165, 1.54) is 31.6 Å². The number of benzene rings is 1. The summed E-state index contributed by atoms with van der Waals surface area (Å²) in [5.41, 5.74) is 0.898. The fourth-order valence-electron chi connectivity index (χ4n) is 1.51. The number of nitrogens with zero attached hydrogens (tertiary/aromatic N) is 1. The van der Waals surface area contributed by atoms with E-state index in [9.17, 15) is 9.90 Å². The number of pyridine rings is 1. The van der Waals surface area contributed by atoms with Crippen molar-refractivity contribution in [3.05, 3.63) is 48.3 Å². The highest BCUT2D eigenvalue weighted by atomic mass is 16.5. The molecule has 0 spiro atoms. The van der Waals surface area contributed by atoms with Gasteiger partial charge >= 0.3 is 0 Å². The highest BCUT2D eigenvalue weighted by molar-refractivity contribution is 6.06. The minimum absolute atomic E-state index is 0.0921. The number of ether oxygens (including phenoxy) is 1. The minimum Gasteiger partial charge on any atom is -0.508 e. The maximum absolute atomic E-state index is 12.0. The molecule has 92 valence electrons. The molecule has 0 fully saturated rings. The summed E-state index contributed by atoms with van der Waals surface area (Å²) in [5, 5.41) is 12.0. The molecule has 5 nitrogen and oxygen atoms in total. The number of hydrogen-bond donors (Lipinski definition) is 2. The fourth-order valence-corrected chi connectivity index (χ4v) is 1.51. The third-order valence-electron chi connectivity index (χ3n) is 2.35. The average Bonchev–Trinajstić information content (AvgIpc) is 2.38. The van der Waals surface area contributed by atoms with Gasteiger partial charge < -0.3 is 15.2 Å². The van der Waals surface area contributed by atoms with Crippen LogP contribution in [0, 0.1) is 0 Å². The van der Waals surface area contributed by atoms with Crippen molar-refractivity contribution < 1.29 is 14.6 Å². The van der Waals surface area contributed by atoms with Gasteiger partial charge in [-0.05, 0) is 18.2 Å². The Bertz CT molecular complexity index is 570. The summed E-state index contributed by atoms with van der Waals surface area (Å²) in [4.78, 5) is 15.9. The van der Waals surface area contributed by atoms with Crippen LogP contribution >= 0.6 is 0 Å². The number of carbonyl (C=O) groups excluding carboxylic acids is 1. The van der Waals surface area contributed by atoms with Gasteiger partial charge in [-0.2, -0.15) is 0 Å². The molecule has 18 heavy (non-hydrogen) atoms. The topological polar surface area (TPSA) is 71.5 Å². The number of hydrogen-bond acceptors (Lipinski definition) is 4. The number of carbonyl (C=O) groups is 1. The predicted molar refractivity (Wildman–Crippen MR) is 66.8 cm³/mol. The predicted octanol–water partition coefficient (Wildman–Crippen LogP) is 2.05. The monoisotopic (exact) mass is 244 g/mol. The molecule has 1 heterocycles. The molecule has 5 heteroatoms. The van der Waals surface area contributed by atoms with Crippen molar-refractivity contribution in [1.29, 1.82) is 0 Å². The molecule has 0 radical (unpaired) electrons. The van der Waals surface area contributed by atoms with Crippen LogP contribution in [0.25, 0.3) is 0 Å². The molecule has 0 saturated heterocycles. The van der Waals surface area contributed by atoms with Crippen LogP contribution in [0.2, 0.25) is 0 Å². The molecule has 0 saturated carbocycles. The molecule has 2 rings (SSSR count). The standard InChI is InChI=1S/C13H12N2O3/c1-18-12-8-14-6-5-11(12)13(17)15-9-3-2-4-10(16)7-9/h2-8,16H,1H3,(H,15,17). The van der Waals surface area contributed by atoms with E-state index in [1.54, 1.807) is 18.2 Å². The highest BCUT2D eigenvalue weighted by Crippen LogP contribution is 2.20. The van der Waals surface area contributed by atoms with Crippen molar-refractivity contribution in [1.82, 2.24) is 4.98 Å². The van der Waals surface area contributed by atoms with E-state index in [0.717, 1.165) is 0 Å². The third-order valence-corrected chi connectivity index (χ3v) is 2.35. The smallest absolute Gasteiger partial charge is 0.259 e. The molecule has 1 amide bonds. The number of aromatic hydroxyl groups is 1. The number of rotatable bonds is 3. The summed E-state index contributed by atoms with van der Waals surface area (Å²) >= 11 is 0. The van der Waals surface area contributed by atoms with E-state index in [2.05, 4.69) is 10.3 Å². The van der Waals surface area contributed by atoms with Crippen LogP contribution in [0.1, 0.15) is 10.4 Å². The van der Waals surface area contributed by atoms with Crippen molar-refractivity contribution in [3.8, 4) is 11.5 Å². The minimum atomic E-state index is -0.320. The Labute approximate surface area is 104 Å². The van der Waals surface area contributed by atoms with Crippen molar-refractivity contribution in [3.63, 3.8) is 0 Å². The number of amides is 1. The van der Waals surface area contributed by atoms with E-state index in [1.807, 2.05) is 0 Å². The Balaban J connectivity index is 2.22. The molecule has 0 unspecified atom stereocenters. The van der Waals surface area contributed by atoms with Crippen LogP contribution in [0.15, 0.2) is 42.7 Å². The lowest BCUT2D eigenvalue weighted by Crippen LogP contribution is -2.13. The van der Waals surface area contributed by atoms with Gasteiger partial charge in [0.25, 0.3) is 5.91 Å². The number of methoxy groups -OCH3 is 1. The van der Waals surface area contributed by atoms with Crippen LogP contribution < -0.4 is 10.1 Å². The first-order valence-corrected chi connectivity index (χ1v) is 5.29. The van der Waals surface area contributed by atoms with Crippen molar-refractivity contribution in [2.75, 3.05) is 12.4 Å². The van der Waals surface area contributed by atoms with Crippen LogP contribution in [-0.2, 0) is 0 Å². The average molecular weight is 244 g/mol.